The lowest BCUT2D eigenvalue weighted by atomic mass is 10.0. The van der Waals surface area contributed by atoms with Crippen LogP contribution in [-0.4, -0.2) is 0 Å². The molecule has 0 amide bonds. The summed E-state index contributed by atoms with van der Waals surface area (Å²) in [6.45, 7) is 2.08. The molecule has 0 fully saturated rings. The van der Waals surface area contributed by atoms with Crippen LogP contribution >= 0.6 is 34.8 Å². The zero-order valence-corrected chi connectivity index (χ0v) is 12.6. The summed E-state index contributed by atoms with van der Waals surface area (Å²) >= 11 is 18.5. The molecule has 2 aromatic rings. The van der Waals surface area contributed by atoms with Crippen LogP contribution < -0.4 is 5.32 Å². The predicted octanol–water partition coefficient (Wildman–Crippen LogP) is 5.66. The van der Waals surface area contributed by atoms with Crippen LogP contribution in [0.15, 0.2) is 30.3 Å². The summed E-state index contributed by atoms with van der Waals surface area (Å²) in [5, 5.41) is 5.65. The van der Waals surface area contributed by atoms with Crippen molar-refractivity contribution >= 4 is 40.5 Å². The maximum absolute atomic E-state index is 6.27. The van der Waals surface area contributed by atoms with Crippen molar-refractivity contribution in [2.24, 2.45) is 0 Å². The number of fused-ring (bicyclic) bond motifs is 1. The number of benzene rings is 2. The van der Waals surface area contributed by atoms with Crippen molar-refractivity contribution in [3.05, 3.63) is 62.1 Å². The van der Waals surface area contributed by atoms with Crippen molar-refractivity contribution < 1.29 is 0 Å². The van der Waals surface area contributed by atoms with Crippen LogP contribution in [0.5, 0.6) is 0 Å². The molecule has 0 radical (unpaired) electrons. The molecule has 0 aromatic heterocycles. The standard InChI is InChI=1S/C15H12Cl3N/c1-8-2-5-12(17)11-7-14(19-15(8)11)10-4-3-9(16)6-13(10)18/h2-6,14,19H,7H2,1H3. The van der Waals surface area contributed by atoms with E-state index in [1.165, 1.54) is 5.56 Å². The van der Waals surface area contributed by atoms with E-state index in [0.717, 1.165) is 28.3 Å². The summed E-state index contributed by atoms with van der Waals surface area (Å²) in [6, 6.07) is 9.73. The van der Waals surface area contributed by atoms with Gasteiger partial charge in [-0.25, -0.2) is 0 Å². The molecule has 1 aliphatic rings. The number of anilines is 1. The third-order valence-corrected chi connectivity index (χ3v) is 4.45. The van der Waals surface area contributed by atoms with E-state index in [1.807, 2.05) is 24.3 Å². The highest BCUT2D eigenvalue weighted by Gasteiger charge is 2.26. The second-order valence-electron chi connectivity index (χ2n) is 4.78. The summed E-state index contributed by atoms with van der Waals surface area (Å²) in [4.78, 5) is 0. The monoisotopic (exact) mass is 311 g/mol. The molecule has 1 aliphatic heterocycles. The number of hydrogen-bond donors (Lipinski definition) is 1. The van der Waals surface area contributed by atoms with Gasteiger partial charge in [-0.05, 0) is 41.8 Å². The Bertz CT molecular complexity index is 621. The predicted molar refractivity (Wildman–Crippen MR) is 82.7 cm³/mol. The van der Waals surface area contributed by atoms with Crippen molar-refractivity contribution in [2.45, 2.75) is 19.4 Å². The molecule has 0 aliphatic carbocycles. The lowest BCUT2D eigenvalue weighted by Crippen LogP contribution is -2.06. The van der Waals surface area contributed by atoms with Gasteiger partial charge in [-0.1, -0.05) is 46.9 Å². The van der Waals surface area contributed by atoms with Crippen LogP contribution in [0.25, 0.3) is 0 Å². The zero-order valence-electron chi connectivity index (χ0n) is 10.3. The third kappa shape index (κ3) is 2.31. The Morgan fingerprint density at radius 2 is 1.84 bits per heavy atom. The average Bonchev–Trinajstić information content (AvgIpc) is 2.80. The first kappa shape index (κ1) is 13.1. The maximum atomic E-state index is 6.27. The quantitative estimate of drug-likeness (QED) is 0.716. The van der Waals surface area contributed by atoms with E-state index in [0.29, 0.717) is 10.0 Å². The van der Waals surface area contributed by atoms with Gasteiger partial charge in [0.2, 0.25) is 0 Å². The lowest BCUT2D eigenvalue weighted by Gasteiger charge is -2.14. The Kier molecular flexibility index (Phi) is 3.38. The second-order valence-corrected chi connectivity index (χ2v) is 6.04. The number of halogens is 3. The molecular weight excluding hydrogens is 301 g/mol. The summed E-state index contributed by atoms with van der Waals surface area (Å²) in [6.07, 6.45) is 0.844. The van der Waals surface area contributed by atoms with Crippen molar-refractivity contribution in [1.29, 1.82) is 0 Å². The molecule has 1 nitrogen and oxygen atoms in total. The van der Waals surface area contributed by atoms with Gasteiger partial charge < -0.3 is 5.32 Å². The number of nitrogens with one attached hydrogen (secondary N) is 1. The Morgan fingerprint density at radius 1 is 1.05 bits per heavy atom. The Morgan fingerprint density at radius 3 is 2.53 bits per heavy atom. The van der Waals surface area contributed by atoms with Crippen LogP contribution in [-0.2, 0) is 6.42 Å². The molecule has 1 unspecified atom stereocenters. The summed E-state index contributed by atoms with van der Waals surface area (Å²) in [5.41, 5.74) is 4.55. The first-order valence-corrected chi connectivity index (χ1v) is 7.19. The van der Waals surface area contributed by atoms with Gasteiger partial charge in [-0.15, -0.1) is 0 Å². The second kappa shape index (κ2) is 4.90. The van der Waals surface area contributed by atoms with E-state index in [9.17, 15) is 0 Å². The van der Waals surface area contributed by atoms with E-state index in [2.05, 4.69) is 12.2 Å². The number of aryl methyl sites for hydroxylation is 1. The van der Waals surface area contributed by atoms with Crippen molar-refractivity contribution in [2.75, 3.05) is 5.32 Å². The molecule has 2 aromatic carbocycles. The molecule has 3 rings (SSSR count). The topological polar surface area (TPSA) is 12.0 Å². The van der Waals surface area contributed by atoms with E-state index in [4.69, 9.17) is 34.8 Å². The fourth-order valence-corrected chi connectivity index (χ4v) is 3.32. The highest BCUT2D eigenvalue weighted by Crippen LogP contribution is 2.42. The van der Waals surface area contributed by atoms with Gasteiger partial charge in [0.25, 0.3) is 0 Å². The third-order valence-electron chi connectivity index (χ3n) is 3.53. The van der Waals surface area contributed by atoms with E-state index >= 15 is 0 Å². The maximum Gasteiger partial charge on any atom is 0.0570 e. The van der Waals surface area contributed by atoms with Gasteiger partial charge in [-0.2, -0.15) is 0 Å². The summed E-state index contributed by atoms with van der Waals surface area (Å²) < 4.78 is 0. The van der Waals surface area contributed by atoms with Crippen molar-refractivity contribution in [1.82, 2.24) is 0 Å². The Hall–Kier alpha value is -0.890. The van der Waals surface area contributed by atoms with Gasteiger partial charge in [0, 0.05) is 27.2 Å². The SMILES string of the molecule is Cc1ccc(Cl)c2c1NC(c1ccc(Cl)cc1Cl)C2. The molecule has 1 heterocycles. The summed E-state index contributed by atoms with van der Waals surface area (Å²) in [7, 11) is 0. The van der Waals surface area contributed by atoms with Crippen LogP contribution in [0.4, 0.5) is 5.69 Å². The van der Waals surface area contributed by atoms with Gasteiger partial charge >= 0.3 is 0 Å². The van der Waals surface area contributed by atoms with Crippen molar-refractivity contribution in [3.8, 4) is 0 Å². The minimum Gasteiger partial charge on any atom is -0.377 e. The normalized spacial score (nSPS) is 17.2. The Balaban J connectivity index is 2.00. The fourth-order valence-electron chi connectivity index (χ4n) is 2.54. The smallest absolute Gasteiger partial charge is 0.0570 e. The molecule has 0 saturated carbocycles. The van der Waals surface area contributed by atoms with Gasteiger partial charge in [0.1, 0.15) is 0 Å². The lowest BCUT2D eigenvalue weighted by molar-refractivity contribution is 0.824. The van der Waals surface area contributed by atoms with E-state index in [1.54, 1.807) is 6.07 Å². The van der Waals surface area contributed by atoms with Gasteiger partial charge in [0.05, 0.1) is 6.04 Å². The van der Waals surface area contributed by atoms with Crippen LogP contribution in [0.1, 0.15) is 22.7 Å². The van der Waals surface area contributed by atoms with Crippen LogP contribution in [0.2, 0.25) is 15.1 Å². The number of rotatable bonds is 1. The number of hydrogen-bond acceptors (Lipinski definition) is 1. The molecule has 1 atom stereocenters. The minimum atomic E-state index is 0.151. The zero-order chi connectivity index (χ0) is 13.6. The first-order chi connectivity index (χ1) is 9.06. The Labute approximate surface area is 127 Å². The van der Waals surface area contributed by atoms with Gasteiger partial charge in [0.15, 0.2) is 0 Å². The van der Waals surface area contributed by atoms with E-state index < -0.39 is 0 Å². The summed E-state index contributed by atoms with van der Waals surface area (Å²) in [5.74, 6) is 0. The van der Waals surface area contributed by atoms with Crippen LogP contribution in [0, 0.1) is 6.92 Å². The highest BCUT2D eigenvalue weighted by atomic mass is 35.5. The molecular formula is C15H12Cl3N. The highest BCUT2D eigenvalue weighted by molar-refractivity contribution is 6.35. The minimum absolute atomic E-state index is 0.151. The largest absolute Gasteiger partial charge is 0.377 e. The molecule has 98 valence electrons. The molecule has 4 heteroatoms. The van der Waals surface area contributed by atoms with Crippen LogP contribution in [0.3, 0.4) is 0 Å². The average molecular weight is 313 g/mol. The van der Waals surface area contributed by atoms with Gasteiger partial charge in [-0.3, -0.25) is 0 Å². The molecule has 19 heavy (non-hydrogen) atoms. The molecule has 0 bridgehead atoms. The van der Waals surface area contributed by atoms with E-state index in [-0.39, 0.29) is 6.04 Å². The van der Waals surface area contributed by atoms with Crippen molar-refractivity contribution in [3.63, 3.8) is 0 Å². The molecule has 0 saturated heterocycles. The first-order valence-electron chi connectivity index (χ1n) is 6.05. The molecule has 0 spiro atoms. The fraction of sp³-hybridized carbons (Fsp3) is 0.200. The molecule has 1 N–H and O–H groups in total.